The standard InChI is InChI=1S/C9H4BrClF4O/c10-3-7(16)4-1-5(9(13,14)15)8(12)6(11)2-4/h1-2H,3H2. The van der Waals surface area contributed by atoms with E-state index in [-0.39, 0.29) is 10.9 Å². The molecule has 1 aromatic rings. The van der Waals surface area contributed by atoms with Gasteiger partial charge in [0.2, 0.25) is 0 Å². The molecule has 0 bridgehead atoms. The Labute approximate surface area is 102 Å². The molecule has 0 radical (unpaired) electrons. The first kappa shape index (κ1) is 13.4. The molecular formula is C9H4BrClF4O. The number of alkyl halides is 4. The zero-order chi connectivity index (χ0) is 12.5. The van der Waals surface area contributed by atoms with E-state index in [1.807, 2.05) is 0 Å². The Morgan fingerprint density at radius 1 is 1.38 bits per heavy atom. The summed E-state index contributed by atoms with van der Waals surface area (Å²) in [7, 11) is 0. The first-order valence-corrected chi connectivity index (χ1v) is 5.42. The van der Waals surface area contributed by atoms with Crippen molar-refractivity contribution in [1.82, 2.24) is 0 Å². The van der Waals surface area contributed by atoms with Crippen molar-refractivity contribution in [3.05, 3.63) is 34.1 Å². The molecule has 1 aromatic carbocycles. The van der Waals surface area contributed by atoms with Crippen LogP contribution in [0.25, 0.3) is 0 Å². The summed E-state index contributed by atoms with van der Waals surface area (Å²) in [5.41, 5.74) is -1.82. The molecule has 0 fully saturated rings. The fraction of sp³-hybridized carbons (Fsp3) is 0.222. The van der Waals surface area contributed by atoms with Gasteiger partial charge in [-0.2, -0.15) is 13.2 Å². The summed E-state index contributed by atoms with van der Waals surface area (Å²) >= 11 is 8.09. The minimum Gasteiger partial charge on any atom is -0.293 e. The lowest BCUT2D eigenvalue weighted by atomic mass is 10.1. The van der Waals surface area contributed by atoms with Gasteiger partial charge < -0.3 is 0 Å². The minimum absolute atomic E-state index is 0.160. The molecule has 0 aliphatic rings. The quantitative estimate of drug-likeness (QED) is 0.456. The topological polar surface area (TPSA) is 17.1 Å². The lowest BCUT2D eigenvalue weighted by molar-refractivity contribution is -0.140. The van der Waals surface area contributed by atoms with Crippen LogP contribution in [0, 0.1) is 5.82 Å². The maximum atomic E-state index is 13.1. The number of rotatable bonds is 2. The van der Waals surface area contributed by atoms with Gasteiger partial charge in [0.25, 0.3) is 0 Å². The fourth-order valence-electron chi connectivity index (χ4n) is 1.03. The second-order valence-corrected chi connectivity index (χ2v) is 3.84. The van der Waals surface area contributed by atoms with Crippen molar-refractivity contribution in [3.63, 3.8) is 0 Å². The van der Waals surface area contributed by atoms with Crippen molar-refractivity contribution in [1.29, 1.82) is 0 Å². The van der Waals surface area contributed by atoms with Gasteiger partial charge in [-0.05, 0) is 12.1 Å². The van der Waals surface area contributed by atoms with Crippen LogP contribution in [-0.4, -0.2) is 11.1 Å². The van der Waals surface area contributed by atoms with Gasteiger partial charge in [0, 0.05) is 5.56 Å². The van der Waals surface area contributed by atoms with E-state index in [9.17, 15) is 22.4 Å². The zero-order valence-corrected chi connectivity index (χ0v) is 9.88. The lowest BCUT2D eigenvalue weighted by Crippen LogP contribution is -2.11. The SMILES string of the molecule is O=C(CBr)c1cc(Cl)c(F)c(C(F)(F)F)c1. The summed E-state index contributed by atoms with van der Waals surface area (Å²) in [6.07, 6.45) is -4.88. The highest BCUT2D eigenvalue weighted by molar-refractivity contribution is 9.09. The molecule has 0 aliphatic heterocycles. The van der Waals surface area contributed by atoms with E-state index >= 15 is 0 Å². The van der Waals surface area contributed by atoms with Crippen molar-refractivity contribution in [3.8, 4) is 0 Å². The molecule has 0 N–H and O–H groups in total. The number of hydrogen-bond donors (Lipinski definition) is 0. The van der Waals surface area contributed by atoms with Crippen LogP contribution in [0.3, 0.4) is 0 Å². The molecule has 1 rings (SSSR count). The first-order valence-electron chi connectivity index (χ1n) is 3.92. The largest absolute Gasteiger partial charge is 0.419 e. The van der Waals surface area contributed by atoms with E-state index in [0.29, 0.717) is 6.07 Å². The number of carbonyl (C=O) groups excluding carboxylic acids is 1. The fourth-order valence-corrected chi connectivity index (χ4v) is 1.58. The third kappa shape index (κ3) is 2.74. The Kier molecular flexibility index (Phi) is 3.96. The predicted octanol–water partition coefficient (Wildman–Crippen LogP) is 4.08. The second-order valence-electron chi connectivity index (χ2n) is 2.87. The Morgan fingerprint density at radius 3 is 2.38 bits per heavy atom. The molecule has 88 valence electrons. The molecular weight excluding hydrogens is 315 g/mol. The summed E-state index contributed by atoms with van der Waals surface area (Å²) in [6, 6.07) is 1.32. The van der Waals surface area contributed by atoms with E-state index in [1.54, 1.807) is 0 Å². The molecule has 16 heavy (non-hydrogen) atoms. The first-order chi connectivity index (χ1) is 7.27. The average Bonchev–Trinajstić information content (AvgIpc) is 2.18. The molecule has 0 heterocycles. The van der Waals surface area contributed by atoms with Crippen LogP contribution in [-0.2, 0) is 6.18 Å². The number of Topliss-reactive ketones (excluding diaryl/α,β-unsaturated/α-hetero) is 1. The van der Waals surface area contributed by atoms with Crippen LogP contribution in [0.15, 0.2) is 12.1 Å². The molecule has 0 saturated heterocycles. The van der Waals surface area contributed by atoms with Crippen molar-refractivity contribution in [2.45, 2.75) is 6.18 Å². The molecule has 1 nitrogen and oxygen atoms in total. The van der Waals surface area contributed by atoms with E-state index < -0.39 is 28.4 Å². The van der Waals surface area contributed by atoms with E-state index in [1.165, 1.54) is 0 Å². The Hall–Kier alpha value is -0.620. The van der Waals surface area contributed by atoms with Crippen LogP contribution in [0.2, 0.25) is 5.02 Å². The van der Waals surface area contributed by atoms with Gasteiger partial charge in [-0.25, -0.2) is 4.39 Å². The number of halogens is 6. The Bertz CT molecular complexity index is 430. The molecule has 0 spiro atoms. The molecule has 7 heteroatoms. The number of carbonyl (C=O) groups is 1. The summed E-state index contributed by atoms with van der Waals surface area (Å²) in [5, 5.41) is -0.883. The van der Waals surface area contributed by atoms with Gasteiger partial charge >= 0.3 is 6.18 Å². The van der Waals surface area contributed by atoms with Gasteiger partial charge in [0.05, 0.1) is 15.9 Å². The Balaban J connectivity index is 3.39. The molecule has 0 aromatic heterocycles. The summed E-state index contributed by atoms with van der Waals surface area (Å²) in [5.74, 6) is -2.17. The van der Waals surface area contributed by atoms with Crippen molar-refractivity contribution >= 4 is 33.3 Å². The van der Waals surface area contributed by atoms with Crippen LogP contribution < -0.4 is 0 Å². The van der Waals surface area contributed by atoms with E-state index in [0.717, 1.165) is 6.07 Å². The minimum atomic E-state index is -4.88. The molecule has 0 unspecified atom stereocenters. The second kappa shape index (κ2) is 4.71. The van der Waals surface area contributed by atoms with Gasteiger partial charge in [0.1, 0.15) is 0 Å². The van der Waals surface area contributed by atoms with Gasteiger partial charge in [-0.1, -0.05) is 27.5 Å². The summed E-state index contributed by atoms with van der Waals surface area (Å²) in [6.45, 7) is 0. The zero-order valence-electron chi connectivity index (χ0n) is 7.54. The highest BCUT2D eigenvalue weighted by atomic mass is 79.9. The van der Waals surface area contributed by atoms with Crippen molar-refractivity contribution < 1.29 is 22.4 Å². The van der Waals surface area contributed by atoms with Crippen LogP contribution >= 0.6 is 27.5 Å². The third-order valence-corrected chi connectivity index (χ3v) is 2.56. The summed E-state index contributed by atoms with van der Waals surface area (Å²) < 4.78 is 50.1. The summed E-state index contributed by atoms with van der Waals surface area (Å²) in [4.78, 5) is 11.2. The highest BCUT2D eigenvalue weighted by Gasteiger charge is 2.35. The van der Waals surface area contributed by atoms with Crippen LogP contribution in [0.5, 0.6) is 0 Å². The normalized spacial score (nSPS) is 11.6. The van der Waals surface area contributed by atoms with Crippen molar-refractivity contribution in [2.75, 3.05) is 5.33 Å². The maximum Gasteiger partial charge on any atom is 0.419 e. The highest BCUT2D eigenvalue weighted by Crippen LogP contribution is 2.35. The number of hydrogen-bond acceptors (Lipinski definition) is 1. The number of ketones is 1. The number of benzene rings is 1. The third-order valence-electron chi connectivity index (χ3n) is 1.78. The Morgan fingerprint density at radius 2 is 1.94 bits per heavy atom. The van der Waals surface area contributed by atoms with E-state index in [2.05, 4.69) is 15.9 Å². The molecule has 0 atom stereocenters. The predicted molar refractivity (Wildman–Crippen MR) is 54.5 cm³/mol. The van der Waals surface area contributed by atoms with Gasteiger partial charge in [-0.15, -0.1) is 0 Å². The lowest BCUT2D eigenvalue weighted by Gasteiger charge is -2.10. The molecule has 0 aliphatic carbocycles. The smallest absolute Gasteiger partial charge is 0.293 e. The maximum absolute atomic E-state index is 13.1. The molecule has 0 amide bonds. The van der Waals surface area contributed by atoms with Gasteiger partial charge in [-0.3, -0.25) is 4.79 Å². The van der Waals surface area contributed by atoms with E-state index in [4.69, 9.17) is 11.6 Å². The van der Waals surface area contributed by atoms with Crippen molar-refractivity contribution in [2.24, 2.45) is 0 Å². The van der Waals surface area contributed by atoms with Crippen LogP contribution in [0.4, 0.5) is 17.6 Å². The van der Waals surface area contributed by atoms with Crippen LogP contribution in [0.1, 0.15) is 15.9 Å². The average molecular weight is 319 g/mol. The monoisotopic (exact) mass is 318 g/mol. The van der Waals surface area contributed by atoms with Gasteiger partial charge in [0.15, 0.2) is 11.6 Å². The molecule has 0 saturated carbocycles.